The highest BCUT2D eigenvalue weighted by Gasteiger charge is 2.23. The molecule has 0 aliphatic heterocycles. The second kappa shape index (κ2) is 16.8. The maximum atomic E-state index is 12.9. The third-order valence-electron chi connectivity index (χ3n) is 5.96. The number of carbonyl (C=O) groups excluding carboxylic acids is 2. The van der Waals surface area contributed by atoms with E-state index in [2.05, 4.69) is 34.7 Å². The zero-order chi connectivity index (χ0) is 26.2. The molecule has 0 spiro atoms. The molecule has 0 fully saturated rings. The number of carboxylic acid groups (broad SMARTS) is 1. The Kier molecular flexibility index (Phi) is 13.7. The van der Waals surface area contributed by atoms with Crippen LogP contribution in [0.4, 0.5) is 0 Å². The van der Waals surface area contributed by atoms with Gasteiger partial charge in [-0.3, -0.25) is 9.59 Å². The Bertz CT molecular complexity index is 946. The molecule has 0 aliphatic rings. The van der Waals surface area contributed by atoms with E-state index in [1.54, 1.807) is 12.1 Å². The van der Waals surface area contributed by atoms with E-state index in [1.165, 1.54) is 42.7 Å². The van der Waals surface area contributed by atoms with Gasteiger partial charge in [0.1, 0.15) is 16.1 Å². The fraction of sp³-hybridized carbons (Fsp3) is 0.593. The van der Waals surface area contributed by atoms with Crippen LogP contribution in [0.1, 0.15) is 99.8 Å². The summed E-state index contributed by atoms with van der Waals surface area (Å²) in [5.74, 6) is -1.31. The number of carbonyl (C=O) groups is 3. The summed E-state index contributed by atoms with van der Waals surface area (Å²) in [6.45, 7) is 4.91. The van der Waals surface area contributed by atoms with Crippen LogP contribution in [-0.4, -0.2) is 45.7 Å². The van der Waals surface area contributed by atoms with Crippen LogP contribution in [0.15, 0.2) is 24.3 Å². The van der Waals surface area contributed by atoms with Gasteiger partial charge < -0.3 is 15.7 Å². The van der Waals surface area contributed by atoms with Crippen molar-refractivity contribution in [3.8, 4) is 10.6 Å². The number of aromatic nitrogens is 2. The second-order valence-electron chi connectivity index (χ2n) is 9.08. The fourth-order valence-electron chi connectivity index (χ4n) is 3.81. The van der Waals surface area contributed by atoms with Crippen LogP contribution < -0.4 is 10.6 Å². The summed E-state index contributed by atoms with van der Waals surface area (Å²) in [5, 5.41) is 24.7. The molecule has 2 amide bonds. The van der Waals surface area contributed by atoms with E-state index in [4.69, 9.17) is 5.11 Å². The number of nitrogens with zero attached hydrogens (tertiary/aromatic N) is 2. The molecule has 0 radical (unpaired) electrons. The van der Waals surface area contributed by atoms with E-state index < -0.39 is 12.0 Å². The number of rotatable bonds is 18. The van der Waals surface area contributed by atoms with Crippen LogP contribution in [0.3, 0.4) is 0 Å². The maximum absolute atomic E-state index is 12.9. The molecule has 0 unspecified atom stereocenters. The summed E-state index contributed by atoms with van der Waals surface area (Å²) < 4.78 is 0. The molecular weight excluding hydrogens is 476 g/mol. The first-order valence-corrected chi connectivity index (χ1v) is 14.0. The number of nitrogens with one attached hydrogen (secondary N) is 2. The summed E-state index contributed by atoms with van der Waals surface area (Å²) in [5.41, 5.74) is 0.958. The Hall–Kier alpha value is -2.81. The van der Waals surface area contributed by atoms with Crippen molar-refractivity contribution in [3.63, 3.8) is 0 Å². The number of aromatic carboxylic acids is 1. The normalized spacial score (nSPS) is 11.7. The molecule has 2 rings (SSSR count). The fourth-order valence-corrected chi connectivity index (χ4v) is 4.70. The minimum absolute atomic E-state index is 0.120. The lowest BCUT2D eigenvalue weighted by atomic mass is 10.1. The first-order chi connectivity index (χ1) is 17.4. The van der Waals surface area contributed by atoms with Crippen molar-refractivity contribution in [2.75, 3.05) is 6.54 Å². The second-order valence-corrected chi connectivity index (χ2v) is 10.1. The minimum Gasteiger partial charge on any atom is -0.478 e. The monoisotopic (exact) mass is 516 g/mol. The zero-order valence-electron chi connectivity index (χ0n) is 21.6. The van der Waals surface area contributed by atoms with Crippen LogP contribution in [0.25, 0.3) is 10.6 Å². The third-order valence-corrected chi connectivity index (χ3v) is 6.96. The summed E-state index contributed by atoms with van der Waals surface area (Å²) in [7, 11) is 0. The largest absolute Gasteiger partial charge is 0.478 e. The highest BCUT2D eigenvalue weighted by molar-refractivity contribution is 7.14. The molecule has 3 N–H and O–H groups in total. The lowest BCUT2D eigenvalue weighted by molar-refractivity contribution is -0.129. The van der Waals surface area contributed by atoms with E-state index in [-0.39, 0.29) is 23.8 Å². The molecule has 1 heterocycles. The topological polar surface area (TPSA) is 121 Å². The Morgan fingerprint density at radius 3 is 2.19 bits per heavy atom. The van der Waals surface area contributed by atoms with Crippen molar-refractivity contribution in [3.05, 3.63) is 34.8 Å². The van der Waals surface area contributed by atoms with Crippen LogP contribution in [0.5, 0.6) is 0 Å². The van der Waals surface area contributed by atoms with Crippen LogP contribution in [-0.2, 0) is 16.0 Å². The van der Waals surface area contributed by atoms with Gasteiger partial charge in [0, 0.05) is 24.9 Å². The summed E-state index contributed by atoms with van der Waals surface area (Å²) >= 11 is 1.34. The highest BCUT2D eigenvalue weighted by atomic mass is 32.1. The first-order valence-electron chi connectivity index (χ1n) is 13.2. The van der Waals surface area contributed by atoms with E-state index in [0.717, 1.165) is 50.5 Å². The number of hydrogen-bond donors (Lipinski definition) is 3. The van der Waals surface area contributed by atoms with Gasteiger partial charge in [-0.25, -0.2) is 4.79 Å². The van der Waals surface area contributed by atoms with Crippen molar-refractivity contribution in [2.24, 2.45) is 0 Å². The SMILES string of the molecule is CCCCCCCCC(=O)N[C@@H](Cc1nnc(-c2ccc(C(=O)O)cc2)s1)C(=O)NCCCCCC. The van der Waals surface area contributed by atoms with Crippen molar-refractivity contribution >= 4 is 29.1 Å². The average Bonchev–Trinajstić information content (AvgIpc) is 3.34. The first kappa shape index (κ1) is 29.4. The molecule has 1 aromatic carbocycles. The highest BCUT2D eigenvalue weighted by Crippen LogP contribution is 2.24. The standard InChI is InChI=1S/C27H40N4O4S/c1-3-5-7-9-10-11-13-23(32)29-22(25(33)28-18-12-8-6-4-2)19-24-30-31-26(36-24)20-14-16-21(17-15-20)27(34)35/h14-17,22H,3-13,18-19H2,1-2H3,(H,28,33)(H,29,32)(H,34,35)/t22-/m0/s1. The average molecular weight is 517 g/mol. The van der Waals surface area contributed by atoms with Gasteiger partial charge in [-0.15, -0.1) is 10.2 Å². The van der Waals surface area contributed by atoms with Crippen molar-refractivity contribution in [1.82, 2.24) is 20.8 Å². The summed E-state index contributed by atoms with van der Waals surface area (Å²) in [4.78, 5) is 36.6. The molecule has 36 heavy (non-hydrogen) atoms. The Morgan fingerprint density at radius 2 is 1.53 bits per heavy atom. The Labute approximate surface area is 218 Å². The summed E-state index contributed by atoms with van der Waals surface area (Å²) in [6.07, 6.45) is 11.5. The number of amides is 2. The quantitative estimate of drug-likeness (QED) is 0.229. The Balaban J connectivity index is 1.98. The van der Waals surface area contributed by atoms with Crippen LogP contribution in [0, 0.1) is 0 Å². The number of hydrogen-bond acceptors (Lipinski definition) is 6. The van der Waals surface area contributed by atoms with Gasteiger partial charge in [0.2, 0.25) is 11.8 Å². The molecule has 198 valence electrons. The molecule has 0 aliphatic carbocycles. The van der Waals surface area contributed by atoms with Gasteiger partial charge >= 0.3 is 5.97 Å². The third kappa shape index (κ3) is 10.8. The van der Waals surface area contributed by atoms with Gasteiger partial charge in [-0.05, 0) is 25.0 Å². The van der Waals surface area contributed by atoms with Crippen molar-refractivity contribution < 1.29 is 19.5 Å². The minimum atomic E-state index is -0.986. The van der Waals surface area contributed by atoms with Crippen molar-refractivity contribution in [1.29, 1.82) is 0 Å². The molecule has 1 aromatic heterocycles. The number of unbranched alkanes of at least 4 members (excludes halogenated alkanes) is 8. The van der Waals surface area contributed by atoms with E-state index in [9.17, 15) is 14.4 Å². The van der Waals surface area contributed by atoms with Gasteiger partial charge in [-0.2, -0.15) is 0 Å². The van der Waals surface area contributed by atoms with Crippen LogP contribution >= 0.6 is 11.3 Å². The Morgan fingerprint density at radius 1 is 0.889 bits per heavy atom. The lowest BCUT2D eigenvalue weighted by Crippen LogP contribution is -2.48. The smallest absolute Gasteiger partial charge is 0.335 e. The van der Waals surface area contributed by atoms with Crippen LogP contribution in [0.2, 0.25) is 0 Å². The number of carboxylic acids is 1. The lowest BCUT2D eigenvalue weighted by Gasteiger charge is -2.17. The van der Waals surface area contributed by atoms with Gasteiger partial charge in [0.15, 0.2) is 0 Å². The maximum Gasteiger partial charge on any atom is 0.335 e. The van der Waals surface area contributed by atoms with Crippen molar-refractivity contribution in [2.45, 2.75) is 96.9 Å². The molecule has 2 aromatic rings. The van der Waals surface area contributed by atoms with E-state index >= 15 is 0 Å². The molecule has 0 saturated carbocycles. The predicted molar refractivity (Wildman–Crippen MR) is 143 cm³/mol. The zero-order valence-corrected chi connectivity index (χ0v) is 22.4. The van der Waals surface area contributed by atoms with Gasteiger partial charge in [0.05, 0.1) is 5.56 Å². The van der Waals surface area contributed by atoms with E-state index in [1.807, 2.05) is 0 Å². The predicted octanol–water partition coefficient (Wildman–Crippen LogP) is 5.38. The number of benzene rings is 1. The summed E-state index contributed by atoms with van der Waals surface area (Å²) in [6, 6.07) is 5.72. The molecule has 1 atom stereocenters. The van der Waals surface area contributed by atoms with Gasteiger partial charge in [0.25, 0.3) is 0 Å². The molecular formula is C27H40N4O4S. The molecule has 8 nitrogen and oxygen atoms in total. The van der Waals surface area contributed by atoms with E-state index in [0.29, 0.717) is 23.0 Å². The molecule has 9 heteroatoms. The molecule has 0 bridgehead atoms. The van der Waals surface area contributed by atoms with Gasteiger partial charge in [-0.1, -0.05) is 88.7 Å². The molecule has 0 saturated heterocycles.